The summed E-state index contributed by atoms with van der Waals surface area (Å²) in [4.78, 5) is 66.2. The van der Waals surface area contributed by atoms with Crippen LogP contribution in [0.3, 0.4) is 0 Å². The number of fused-ring (bicyclic) bond motifs is 1. The van der Waals surface area contributed by atoms with E-state index in [0.717, 1.165) is 4.90 Å². The first kappa shape index (κ1) is 33.2. The van der Waals surface area contributed by atoms with E-state index in [1.165, 1.54) is 48.9 Å². The van der Waals surface area contributed by atoms with E-state index in [1.54, 1.807) is 26.0 Å². The molecule has 3 unspecified atom stereocenters. The molecule has 0 saturated carbocycles. The maximum absolute atomic E-state index is 13.7. The van der Waals surface area contributed by atoms with Crippen LogP contribution in [-0.4, -0.2) is 78.2 Å². The van der Waals surface area contributed by atoms with Gasteiger partial charge in [0.25, 0.3) is 11.8 Å². The van der Waals surface area contributed by atoms with E-state index in [0.29, 0.717) is 5.56 Å². The molecular weight excluding hydrogens is 584 g/mol. The average molecular weight is 619 g/mol. The summed E-state index contributed by atoms with van der Waals surface area (Å²) in [5, 5.41) is 14.6. The lowest BCUT2D eigenvalue weighted by molar-refractivity contribution is -0.142. The Hall–Kier alpha value is -4.34. The number of nitrogens with zero attached hydrogens (tertiary/aromatic N) is 1. The second-order valence-electron chi connectivity index (χ2n) is 10.5. The molecule has 43 heavy (non-hydrogen) atoms. The van der Waals surface area contributed by atoms with Crippen LogP contribution in [0.1, 0.15) is 46.5 Å². The number of amides is 5. The van der Waals surface area contributed by atoms with Gasteiger partial charge in [0.2, 0.25) is 23.7 Å². The number of carbonyl (C=O) groups is 5. The van der Waals surface area contributed by atoms with Gasteiger partial charge in [-0.2, -0.15) is 8.42 Å². The second kappa shape index (κ2) is 14.2. The fraction of sp³-hybridized carbons (Fsp3) is 0.393. The summed E-state index contributed by atoms with van der Waals surface area (Å²) < 4.78 is 35.7. The van der Waals surface area contributed by atoms with Crippen LogP contribution >= 0.6 is 0 Å². The molecule has 3 atom stereocenters. The van der Waals surface area contributed by atoms with Gasteiger partial charge in [0.1, 0.15) is 11.8 Å². The van der Waals surface area contributed by atoms with Gasteiger partial charge in [0, 0.05) is 20.0 Å². The molecule has 0 bridgehead atoms. The zero-order valence-electron chi connectivity index (χ0n) is 23.8. The molecule has 0 fully saturated rings. The molecule has 5 amide bonds. The predicted molar refractivity (Wildman–Crippen MR) is 151 cm³/mol. The Morgan fingerprint density at radius 1 is 0.907 bits per heavy atom. The Bertz CT molecular complexity index is 1440. The number of likely N-dealkylation sites (N-methyl/N-ethyl adjacent to an activating group) is 1. The fourth-order valence-corrected chi connectivity index (χ4v) is 5.09. The van der Waals surface area contributed by atoms with E-state index >= 15 is 0 Å². The maximum Gasteiger partial charge on any atom is 0.300 e. The van der Waals surface area contributed by atoms with E-state index in [-0.39, 0.29) is 35.6 Å². The molecule has 2 aromatic carbocycles. The van der Waals surface area contributed by atoms with Crippen molar-refractivity contribution >= 4 is 39.7 Å². The van der Waals surface area contributed by atoms with Crippen molar-refractivity contribution in [2.45, 2.75) is 32.7 Å². The lowest BCUT2D eigenvalue weighted by atomic mass is 9.83. The first-order chi connectivity index (χ1) is 20.2. The van der Waals surface area contributed by atoms with Crippen molar-refractivity contribution in [1.29, 1.82) is 0 Å². The molecule has 0 aliphatic carbocycles. The molecule has 232 valence electrons. The first-order valence-corrected chi connectivity index (χ1v) is 14.9. The molecule has 1 heterocycles. The molecule has 1 aliphatic rings. The average Bonchev–Trinajstić information content (AvgIpc) is 3.21. The summed E-state index contributed by atoms with van der Waals surface area (Å²) in [5.74, 6) is -6.94. The number of hydrogen-bond acceptors (Lipinski definition) is 9. The van der Waals surface area contributed by atoms with Crippen LogP contribution in [0.25, 0.3) is 0 Å². The highest BCUT2D eigenvalue weighted by Crippen LogP contribution is 2.28. The summed E-state index contributed by atoms with van der Waals surface area (Å²) in [7, 11) is -2.97. The number of hydrogen-bond donors (Lipinski definition) is 5. The predicted octanol–water partition coefficient (Wildman–Crippen LogP) is 0.764. The topological polar surface area (TPSA) is 209 Å². The van der Waals surface area contributed by atoms with E-state index in [9.17, 15) is 37.6 Å². The third kappa shape index (κ3) is 8.59. The summed E-state index contributed by atoms with van der Waals surface area (Å²) >= 11 is 0. The molecular formula is C28H34N4O10S. The number of carbonyl (C=O) groups excluding carboxylic acids is 5. The van der Waals surface area contributed by atoms with Gasteiger partial charge in [0.15, 0.2) is 0 Å². The van der Waals surface area contributed by atoms with Gasteiger partial charge in [-0.3, -0.25) is 38.6 Å². The normalized spacial score (nSPS) is 15.0. The second-order valence-corrected chi connectivity index (χ2v) is 11.9. The molecule has 0 saturated heterocycles. The van der Waals surface area contributed by atoms with Crippen molar-refractivity contribution in [1.82, 2.24) is 21.0 Å². The summed E-state index contributed by atoms with van der Waals surface area (Å²) in [5.41, 5.74) is 2.42. The van der Waals surface area contributed by atoms with Crippen LogP contribution in [0.5, 0.6) is 5.75 Å². The summed E-state index contributed by atoms with van der Waals surface area (Å²) in [6.45, 7) is 3.12. The monoisotopic (exact) mass is 618 g/mol. The largest absolute Gasteiger partial charge is 0.475 e. The summed E-state index contributed by atoms with van der Waals surface area (Å²) in [6, 6.07) is 11.0. The van der Waals surface area contributed by atoms with Gasteiger partial charge in [-0.15, -0.1) is 0 Å². The van der Waals surface area contributed by atoms with Crippen LogP contribution in [-0.2, 0) is 30.9 Å². The van der Waals surface area contributed by atoms with Crippen molar-refractivity contribution in [2.75, 3.05) is 19.5 Å². The van der Waals surface area contributed by atoms with Crippen molar-refractivity contribution < 1.29 is 46.9 Å². The first-order valence-electron chi connectivity index (χ1n) is 13.3. The molecule has 0 aromatic heterocycles. The van der Waals surface area contributed by atoms with Crippen molar-refractivity contribution in [3.05, 3.63) is 65.2 Å². The highest BCUT2D eigenvalue weighted by molar-refractivity contribution is 7.85. The highest BCUT2D eigenvalue weighted by Gasteiger charge is 2.42. The number of ether oxygens (including phenoxy) is 1. The molecule has 0 spiro atoms. The third-order valence-electron chi connectivity index (χ3n) is 6.87. The smallest absolute Gasteiger partial charge is 0.300 e. The minimum Gasteiger partial charge on any atom is -0.475 e. The zero-order valence-corrected chi connectivity index (χ0v) is 24.6. The Labute approximate surface area is 248 Å². The molecule has 0 radical (unpaired) electrons. The van der Waals surface area contributed by atoms with E-state index < -0.39 is 70.0 Å². The lowest BCUT2D eigenvalue weighted by Crippen LogP contribution is -2.53. The molecule has 5 N–H and O–H groups in total. The molecule has 1 aliphatic heterocycles. The van der Waals surface area contributed by atoms with Crippen LogP contribution in [0.4, 0.5) is 0 Å². The van der Waals surface area contributed by atoms with E-state index in [4.69, 9.17) is 9.29 Å². The van der Waals surface area contributed by atoms with Crippen LogP contribution in [0.2, 0.25) is 0 Å². The van der Waals surface area contributed by atoms with Crippen molar-refractivity contribution in [3.63, 3.8) is 0 Å². The highest BCUT2D eigenvalue weighted by atomic mass is 32.2. The van der Waals surface area contributed by atoms with Gasteiger partial charge in [-0.25, -0.2) is 5.48 Å². The van der Waals surface area contributed by atoms with Gasteiger partial charge >= 0.3 is 10.1 Å². The minimum absolute atomic E-state index is 0.00629. The molecule has 14 nitrogen and oxygen atoms in total. The number of imide groups is 1. The standard InChI is InChI=1S/C28H34N4O10S/c1-16(2)12-21(22(25(34)31-38)14-32-27(36)19-6-4-5-7-20(19)28(32)37)24(33)30-23(26(35)29-3)13-17-8-10-18(11-9-17)42-15-43(39,40)41/h4-11,16,21-23,38H,12-15H2,1-3H3,(H,29,35)(H,30,33)(H,31,34)(H,39,40,41). The number of nitrogens with one attached hydrogen (secondary N) is 3. The molecule has 2 aromatic rings. The van der Waals surface area contributed by atoms with Crippen molar-refractivity contribution in [3.8, 4) is 5.75 Å². The SMILES string of the molecule is CNC(=O)C(Cc1ccc(OCS(=O)(=O)O)cc1)NC(=O)C(CC(C)C)C(CN1C(=O)c2ccccc2C1=O)C(=O)NO. The molecule has 3 rings (SSSR count). The number of benzene rings is 2. The van der Waals surface area contributed by atoms with Gasteiger partial charge in [0.05, 0.1) is 23.0 Å². The Morgan fingerprint density at radius 2 is 1.49 bits per heavy atom. The van der Waals surface area contributed by atoms with Crippen LogP contribution in [0, 0.1) is 17.8 Å². The van der Waals surface area contributed by atoms with Gasteiger partial charge in [-0.05, 0) is 42.2 Å². The Kier molecular flexibility index (Phi) is 11.0. The minimum atomic E-state index is -4.35. The van der Waals surface area contributed by atoms with Gasteiger partial charge in [-0.1, -0.05) is 38.1 Å². The zero-order chi connectivity index (χ0) is 31.9. The fourth-order valence-electron chi connectivity index (χ4n) is 4.80. The third-order valence-corrected chi connectivity index (χ3v) is 7.29. The quantitative estimate of drug-likeness (QED) is 0.0869. The van der Waals surface area contributed by atoms with E-state index in [1.807, 2.05) is 0 Å². The summed E-state index contributed by atoms with van der Waals surface area (Å²) in [6.07, 6.45) is 0.112. The Morgan fingerprint density at radius 3 is 1.98 bits per heavy atom. The van der Waals surface area contributed by atoms with Gasteiger partial charge < -0.3 is 15.4 Å². The van der Waals surface area contributed by atoms with Crippen molar-refractivity contribution in [2.24, 2.45) is 17.8 Å². The Balaban J connectivity index is 1.84. The lowest BCUT2D eigenvalue weighted by Gasteiger charge is -2.30. The number of rotatable bonds is 14. The maximum atomic E-state index is 13.7. The van der Waals surface area contributed by atoms with Crippen LogP contribution in [0.15, 0.2) is 48.5 Å². The number of hydroxylamine groups is 1. The van der Waals surface area contributed by atoms with Crippen LogP contribution < -0.4 is 20.9 Å². The van der Waals surface area contributed by atoms with E-state index in [2.05, 4.69) is 10.6 Å². The molecule has 15 heteroatoms.